The van der Waals surface area contributed by atoms with Gasteiger partial charge in [0.25, 0.3) is 5.91 Å². The average Bonchev–Trinajstić information content (AvgIpc) is 3.29. The second kappa shape index (κ2) is 7.99. The van der Waals surface area contributed by atoms with Gasteiger partial charge >= 0.3 is 5.97 Å². The number of nitrogens with zero attached hydrogens (tertiary/aromatic N) is 1. The highest BCUT2D eigenvalue weighted by Crippen LogP contribution is 2.25. The number of hydrogen-bond donors (Lipinski definition) is 1. The molecule has 1 fully saturated rings. The normalized spacial score (nSPS) is 14.4. The number of aromatic nitrogens is 1. The third-order valence-electron chi connectivity index (χ3n) is 5.18. The summed E-state index contributed by atoms with van der Waals surface area (Å²) in [4.78, 5) is 25.7. The number of carbonyl (C=O) groups excluding carboxylic acids is 2. The maximum atomic E-state index is 13.0. The molecule has 0 radical (unpaired) electrons. The lowest BCUT2D eigenvalue weighted by Crippen LogP contribution is -2.33. The fourth-order valence-corrected chi connectivity index (χ4v) is 3.39. The molecule has 6 nitrogen and oxygen atoms in total. The lowest BCUT2D eigenvalue weighted by atomic mass is 10.1. The summed E-state index contributed by atoms with van der Waals surface area (Å²) < 4.78 is 13.1. The molecule has 1 N–H and O–H groups in total. The van der Waals surface area contributed by atoms with Gasteiger partial charge in [-0.1, -0.05) is 30.3 Å². The summed E-state index contributed by atoms with van der Waals surface area (Å²) in [6.07, 6.45) is 2.59. The minimum absolute atomic E-state index is 0.186. The molecule has 6 heteroatoms. The van der Waals surface area contributed by atoms with Crippen LogP contribution in [-0.2, 0) is 16.1 Å². The van der Waals surface area contributed by atoms with Gasteiger partial charge in [0.15, 0.2) is 0 Å². The van der Waals surface area contributed by atoms with E-state index >= 15 is 0 Å². The van der Waals surface area contributed by atoms with E-state index in [1.807, 2.05) is 48.7 Å². The second-order valence-corrected chi connectivity index (χ2v) is 7.43. The highest BCUT2D eigenvalue weighted by atomic mass is 16.5. The lowest BCUT2D eigenvalue weighted by molar-refractivity contribution is -0.130. The number of aryl methyl sites for hydroxylation is 1. The largest absolute Gasteiger partial charge is 0.467 e. The predicted molar refractivity (Wildman–Crippen MR) is 107 cm³/mol. The van der Waals surface area contributed by atoms with Gasteiger partial charge in [0.2, 0.25) is 6.10 Å². The zero-order valence-electron chi connectivity index (χ0n) is 16.6. The van der Waals surface area contributed by atoms with Crippen LogP contribution in [0.5, 0.6) is 0 Å². The van der Waals surface area contributed by atoms with Crippen LogP contribution in [0.1, 0.15) is 52.0 Å². The van der Waals surface area contributed by atoms with E-state index in [2.05, 4.69) is 5.32 Å². The van der Waals surface area contributed by atoms with Crippen LogP contribution in [0.3, 0.4) is 0 Å². The molecule has 1 amide bonds. The highest BCUT2D eigenvalue weighted by molar-refractivity contribution is 5.94. The first-order valence-corrected chi connectivity index (χ1v) is 9.78. The SMILES string of the molecule is Cc1cc(C(=O)OC(C(=O)NC2CC2)c2ccccc2)c(C)n1Cc1ccco1. The molecule has 0 saturated heterocycles. The van der Waals surface area contributed by atoms with Crippen molar-refractivity contribution in [2.75, 3.05) is 0 Å². The Morgan fingerprint density at radius 1 is 1.17 bits per heavy atom. The van der Waals surface area contributed by atoms with Crippen molar-refractivity contribution in [1.82, 2.24) is 9.88 Å². The van der Waals surface area contributed by atoms with E-state index in [4.69, 9.17) is 9.15 Å². The third-order valence-corrected chi connectivity index (χ3v) is 5.18. The first kappa shape index (κ1) is 19.1. The third kappa shape index (κ3) is 4.26. The standard InChI is InChI=1S/C23H24N2O4/c1-15-13-20(16(2)25(15)14-19-9-6-12-28-19)23(27)29-21(17-7-4-3-5-8-17)22(26)24-18-10-11-18/h3-9,12-13,18,21H,10-11,14H2,1-2H3,(H,24,26). The molecule has 1 atom stereocenters. The van der Waals surface area contributed by atoms with Crippen LogP contribution in [0.2, 0.25) is 0 Å². The number of carbonyl (C=O) groups is 2. The van der Waals surface area contributed by atoms with Gasteiger partial charge in [0.1, 0.15) is 5.76 Å². The van der Waals surface area contributed by atoms with E-state index < -0.39 is 12.1 Å². The monoisotopic (exact) mass is 392 g/mol. The number of rotatable bonds is 7. The molecule has 0 aliphatic heterocycles. The molecule has 3 aromatic rings. The summed E-state index contributed by atoms with van der Waals surface area (Å²) in [5.74, 6) is 0.0118. The van der Waals surface area contributed by atoms with Crippen molar-refractivity contribution in [3.05, 3.63) is 83.1 Å². The van der Waals surface area contributed by atoms with Crippen LogP contribution in [-0.4, -0.2) is 22.5 Å². The van der Waals surface area contributed by atoms with E-state index in [1.165, 1.54) is 0 Å². The number of hydrogen-bond acceptors (Lipinski definition) is 4. The van der Waals surface area contributed by atoms with Crippen LogP contribution in [0.15, 0.2) is 59.2 Å². The Hall–Kier alpha value is -3.28. The Kier molecular flexibility index (Phi) is 5.25. The molecule has 0 spiro atoms. The molecule has 1 aromatic carbocycles. The van der Waals surface area contributed by atoms with Crippen molar-refractivity contribution < 1.29 is 18.7 Å². The minimum Gasteiger partial charge on any atom is -0.467 e. The zero-order chi connectivity index (χ0) is 20.4. The maximum Gasteiger partial charge on any atom is 0.341 e. The van der Waals surface area contributed by atoms with Gasteiger partial charge in [-0.3, -0.25) is 4.79 Å². The van der Waals surface area contributed by atoms with Crippen molar-refractivity contribution in [3.63, 3.8) is 0 Å². The number of furan rings is 1. The van der Waals surface area contributed by atoms with Gasteiger partial charge < -0.3 is 19.0 Å². The number of esters is 1. The topological polar surface area (TPSA) is 73.5 Å². The number of benzene rings is 1. The Morgan fingerprint density at radius 2 is 1.93 bits per heavy atom. The molecule has 2 aromatic heterocycles. The second-order valence-electron chi connectivity index (χ2n) is 7.43. The molecule has 150 valence electrons. The molecule has 2 heterocycles. The molecule has 1 unspecified atom stereocenters. The van der Waals surface area contributed by atoms with Gasteiger partial charge in [-0.2, -0.15) is 0 Å². The van der Waals surface area contributed by atoms with E-state index in [0.29, 0.717) is 17.7 Å². The smallest absolute Gasteiger partial charge is 0.341 e. The molecule has 1 aliphatic rings. The summed E-state index contributed by atoms with van der Waals surface area (Å²) in [6, 6.07) is 14.8. The van der Waals surface area contributed by atoms with Gasteiger partial charge in [-0.15, -0.1) is 0 Å². The predicted octanol–water partition coefficient (Wildman–Crippen LogP) is 3.92. The first-order chi connectivity index (χ1) is 14.0. The summed E-state index contributed by atoms with van der Waals surface area (Å²) in [7, 11) is 0. The average molecular weight is 392 g/mol. The molecular weight excluding hydrogens is 368 g/mol. The molecule has 1 aliphatic carbocycles. The van der Waals surface area contributed by atoms with Crippen LogP contribution in [0.4, 0.5) is 0 Å². The zero-order valence-corrected chi connectivity index (χ0v) is 16.6. The van der Waals surface area contributed by atoms with Crippen LogP contribution >= 0.6 is 0 Å². The van der Waals surface area contributed by atoms with E-state index in [0.717, 1.165) is 30.0 Å². The lowest BCUT2D eigenvalue weighted by Gasteiger charge is -2.18. The van der Waals surface area contributed by atoms with Crippen molar-refractivity contribution >= 4 is 11.9 Å². The fraction of sp³-hybridized carbons (Fsp3) is 0.304. The Bertz CT molecular complexity index is 1000. The summed E-state index contributed by atoms with van der Waals surface area (Å²) in [5.41, 5.74) is 2.81. The first-order valence-electron chi connectivity index (χ1n) is 9.78. The number of ether oxygens (including phenoxy) is 1. The summed E-state index contributed by atoms with van der Waals surface area (Å²) >= 11 is 0. The molecular formula is C23H24N2O4. The molecule has 29 heavy (non-hydrogen) atoms. The molecule has 1 saturated carbocycles. The number of nitrogens with one attached hydrogen (secondary N) is 1. The number of amides is 1. The van der Waals surface area contributed by atoms with Crippen molar-refractivity contribution in [3.8, 4) is 0 Å². The molecule has 0 bridgehead atoms. The maximum absolute atomic E-state index is 13.0. The highest BCUT2D eigenvalue weighted by Gasteiger charge is 2.31. The van der Waals surface area contributed by atoms with Gasteiger partial charge in [-0.05, 0) is 44.9 Å². The minimum atomic E-state index is -0.975. The van der Waals surface area contributed by atoms with Crippen LogP contribution in [0.25, 0.3) is 0 Å². The Morgan fingerprint density at radius 3 is 2.59 bits per heavy atom. The van der Waals surface area contributed by atoms with Crippen molar-refractivity contribution in [2.45, 2.75) is 45.4 Å². The Balaban J connectivity index is 1.56. The van der Waals surface area contributed by atoms with Crippen molar-refractivity contribution in [1.29, 1.82) is 0 Å². The van der Waals surface area contributed by atoms with E-state index in [-0.39, 0.29) is 11.9 Å². The quantitative estimate of drug-likeness (QED) is 0.619. The van der Waals surface area contributed by atoms with Crippen LogP contribution < -0.4 is 5.32 Å². The fourth-order valence-electron chi connectivity index (χ4n) is 3.39. The summed E-state index contributed by atoms with van der Waals surface area (Å²) in [5, 5.41) is 2.94. The molecule has 4 rings (SSSR count). The Labute approximate surface area is 169 Å². The van der Waals surface area contributed by atoms with Gasteiger partial charge in [-0.25, -0.2) is 4.79 Å². The van der Waals surface area contributed by atoms with Gasteiger partial charge in [0.05, 0.1) is 18.4 Å². The van der Waals surface area contributed by atoms with Crippen LogP contribution in [0, 0.1) is 13.8 Å². The van der Waals surface area contributed by atoms with Crippen molar-refractivity contribution in [2.24, 2.45) is 0 Å². The van der Waals surface area contributed by atoms with Gasteiger partial charge in [0, 0.05) is 23.0 Å². The van der Waals surface area contributed by atoms with E-state index in [1.54, 1.807) is 24.5 Å². The summed E-state index contributed by atoms with van der Waals surface area (Å²) in [6.45, 7) is 4.33. The van der Waals surface area contributed by atoms with E-state index in [9.17, 15) is 9.59 Å².